The van der Waals surface area contributed by atoms with Crippen LogP contribution in [0, 0.1) is 5.82 Å². The van der Waals surface area contributed by atoms with Crippen LogP contribution in [0.25, 0.3) is 10.9 Å². The highest BCUT2D eigenvalue weighted by atomic mass is 19.3. The Morgan fingerprint density at radius 3 is 2.78 bits per heavy atom. The number of nitrogens with zero attached hydrogens (tertiary/aromatic N) is 2. The lowest BCUT2D eigenvalue weighted by molar-refractivity contribution is -0.0449. The molecular weight excluding hydrogens is 359 g/mol. The molecular formula is C18H18F3N5O. The summed E-state index contributed by atoms with van der Waals surface area (Å²) in [6, 6.07) is 5.23. The quantitative estimate of drug-likeness (QED) is 0.607. The number of halogens is 3. The number of urea groups is 1. The number of carbonyl (C=O) groups is 1. The van der Waals surface area contributed by atoms with Gasteiger partial charge in [-0.15, -0.1) is 0 Å². The highest BCUT2D eigenvalue weighted by Crippen LogP contribution is 2.38. The molecule has 0 radical (unpaired) electrons. The van der Waals surface area contributed by atoms with Crippen LogP contribution in [0.15, 0.2) is 36.7 Å². The summed E-state index contributed by atoms with van der Waals surface area (Å²) in [4.78, 5) is 15.1. The summed E-state index contributed by atoms with van der Waals surface area (Å²) in [5, 5.41) is 10.1. The van der Waals surface area contributed by atoms with Crippen molar-refractivity contribution in [3.05, 3.63) is 42.5 Å². The molecule has 0 saturated heterocycles. The zero-order chi connectivity index (χ0) is 19.0. The minimum atomic E-state index is -2.59. The van der Waals surface area contributed by atoms with Crippen molar-refractivity contribution in [2.45, 2.75) is 37.6 Å². The average Bonchev–Trinajstić information content (AvgIpc) is 3.22. The van der Waals surface area contributed by atoms with Gasteiger partial charge in [0, 0.05) is 42.2 Å². The van der Waals surface area contributed by atoms with Gasteiger partial charge >= 0.3 is 6.03 Å². The fraction of sp³-hybridized carbons (Fsp3) is 0.333. The van der Waals surface area contributed by atoms with Gasteiger partial charge in [0.25, 0.3) is 0 Å². The zero-order valence-corrected chi connectivity index (χ0v) is 14.3. The van der Waals surface area contributed by atoms with Crippen LogP contribution in [0.1, 0.15) is 31.7 Å². The second kappa shape index (κ2) is 6.64. The molecule has 0 atom stereocenters. The van der Waals surface area contributed by atoms with E-state index < -0.39 is 17.8 Å². The highest BCUT2D eigenvalue weighted by molar-refractivity contribution is 6.05. The molecule has 0 aliphatic heterocycles. The largest absolute Gasteiger partial charge is 0.359 e. The number of carbonyl (C=O) groups excluding carboxylic acids is 1. The predicted octanol–water partition coefficient (Wildman–Crippen LogP) is 4.90. The van der Waals surface area contributed by atoms with Gasteiger partial charge in [-0.25, -0.2) is 18.0 Å². The number of amides is 2. The Morgan fingerprint density at radius 1 is 1.22 bits per heavy atom. The van der Waals surface area contributed by atoms with E-state index >= 15 is 0 Å². The third-order valence-corrected chi connectivity index (χ3v) is 4.80. The fourth-order valence-electron chi connectivity index (χ4n) is 3.36. The molecule has 2 aromatic heterocycles. The molecule has 1 aliphatic carbocycles. The van der Waals surface area contributed by atoms with Gasteiger partial charge in [0.05, 0.1) is 11.7 Å². The zero-order valence-electron chi connectivity index (χ0n) is 14.3. The molecule has 3 aromatic rings. The first kappa shape index (κ1) is 17.4. The van der Waals surface area contributed by atoms with Crippen molar-refractivity contribution in [3.63, 3.8) is 0 Å². The van der Waals surface area contributed by atoms with Crippen molar-refractivity contribution in [2.24, 2.45) is 0 Å². The summed E-state index contributed by atoms with van der Waals surface area (Å²) in [6.07, 6.45) is 3.63. The summed E-state index contributed by atoms with van der Waals surface area (Å²) in [7, 11) is 0. The number of H-pyrrole nitrogens is 1. The van der Waals surface area contributed by atoms with Gasteiger partial charge in [-0.05, 0) is 31.0 Å². The van der Waals surface area contributed by atoms with E-state index in [1.54, 1.807) is 29.2 Å². The van der Waals surface area contributed by atoms with E-state index in [2.05, 4.69) is 20.7 Å². The second-order valence-corrected chi connectivity index (χ2v) is 6.74. The third-order valence-electron chi connectivity index (χ3n) is 4.80. The number of alkyl halides is 2. The highest BCUT2D eigenvalue weighted by Gasteiger charge is 2.35. The van der Waals surface area contributed by atoms with Crippen molar-refractivity contribution >= 4 is 28.4 Å². The van der Waals surface area contributed by atoms with Crippen LogP contribution in [-0.4, -0.2) is 26.7 Å². The normalized spacial score (nSPS) is 17.1. The lowest BCUT2D eigenvalue weighted by Crippen LogP contribution is -2.26. The first-order valence-corrected chi connectivity index (χ1v) is 8.67. The van der Waals surface area contributed by atoms with Gasteiger partial charge in [0.1, 0.15) is 5.82 Å². The molecule has 1 fully saturated rings. The average molecular weight is 377 g/mol. The molecule has 2 heterocycles. The van der Waals surface area contributed by atoms with E-state index in [0.29, 0.717) is 35.2 Å². The van der Waals surface area contributed by atoms with Gasteiger partial charge in [-0.1, -0.05) is 0 Å². The van der Waals surface area contributed by atoms with Crippen LogP contribution in [0.3, 0.4) is 0 Å². The van der Waals surface area contributed by atoms with E-state index in [1.165, 1.54) is 12.1 Å². The molecule has 0 unspecified atom stereocenters. The first-order chi connectivity index (χ1) is 12.9. The topological polar surface area (TPSA) is 74.7 Å². The number of anilines is 2. The molecule has 27 heavy (non-hydrogen) atoms. The van der Waals surface area contributed by atoms with Gasteiger partial charge in [-0.3, -0.25) is 10.00 Å². The van der Waals surface area contributed by atoms with Gasteiger partial charge in [0.15, 0.2) is 5.82 Å². The number of nitrogens with one attached hydrogen (secondary N) is 3. The Labute approximate surface area is 152 Å². The van der Waals surface area contributed by atoms with Crippen LogP contribution >= 0.6 is 0 Å². The molecule has 142 valence electrons. The summed E-state index contributed by atoms with van der Waals surface area (Å²) in [5.41, 5.74) is 1.14. The number of benzene rings is 1. The van der Waals surface area contributed by atoms with Crippen LogP contribution in [0.5, 0.6) is 0 Å². The maximum atomic E-state index is 13.4. The molecule has 0 bridgehead atoms. The number of hydrogen-bond acceptors (Lipinski definition) is 2. The van der Waals surface area contributed by atoms with Crippen molar-refractivity contribution in [1.29, 1.82) is 0 Å². The lowest BCUT2D eigenvalue weighted by Gasteiger charge is -2.28. The summed E-state index contributed by atoms with van der Waals surface area (Å²) in [6.45, 7) is 0. The maximum Gasteiger partial charge on any atom is 0.324 e. The molecule has 6 nitrogen and oxygen atoms in total. The number of hydrogen-bond donors (Lipinski definition) is 3. The van der Waals surface area contributed by atoms with Crippen molar-refractivity contribution in [1.82, 2.24) is 14.8 Å². The smallest absolute Gasteiger partial charge is 0.324 e. The molecule has 4 rings (SSSR count). The molecule has 1 aromatic carbocycles. The van der Waals surface area contributed by atoms with Gasteiger partial charge < -0.3 is 10.3 Å². The third kappa shape index (κ3) is 3.76. The summed E-state index contributed by atoms with van der Waals surface area (Å²) >= 11 is 0. The Hall–Kier alpha value is -2.97. The van der Waals surface area contributed by atoms with Crippen LogP contribution in [0.2, 0.25) is 0 Å². The Kier molecular flexibility index (Phi) is 4.29. The lowest BCUT2D eigenvalue weighted by atomic mass is 9.92. The number of aromatic amines is 1. The standard InChI is InChI=1S/C18H18F3N5O/c19-11-1-2-14-13(9-11)15(10-22-14)23-17(27)24-16-5-8-26(25-16)12-3-6-18(20,21)7-4-12/h1-2,5,8-10,12,22H,3-4,6-7H2,(H2,23,24,25,27). The number of fused-ring (bicyclic) bond motifs is 1. The minimum absolute atomic E-state index is 0.0974. The number of rotatable bonds is 3. The summed E-state index contributed by atoms with van der Waals surface area (Å²) < 4.78 is 41.6. The van der Waals surface area contributed by atoms with Gasteiger partial charge in [0.2, 0.25) is 5.92 Å². The molecule has 3 N–H and O–H groups in total. The van der Waals surface area contributed by atoms with Crippen molar-refractivity contribution in [3.8, 4) is 0 Å². The monoisotopic (exact) mass is 377 g/mol. The first-order valence-electron chi connectivity index (χ1n) is 8.67. The molecule has 1 aliphatic rings. The second-order valence-electron chi connectivity index (χ2n) is 6.74. The fourth-order valence-corrected chi connectivity index (χ4v) is 3.36. The minimum Gasteiger partial charge on any atom is -0.359 e. The number of aromatic nitrogens is 3. The molecule has 0 spiro atoms. The van der Waals surface area contributed by atoms with Crippen LogP contribution < -0.4 is 10.6 Å². The molecule has 2 amide bonds. The van der Waals surface area contributed by atoms with Crippen LogP contribution in [-0.2, 0) is 0 Å². The Morgan fingerprint density at radius 2 is 2.00 bits per heavy atom. The molecule has 9 heteroatoms. The van der Waals surface area contributed by atoms with Crippen molar-refractivity contribution in [2.75, 3.05) is 10.6 Å². The van der Waals surface area contributed by atoms with E-state index in [9.17, 15) is 18.0 Å². The predicted molar refractivity (Wildman–Crippen MR) is 95.6 cm³/mol. The van der Waals surface area contributed by atoms with Gasteiger partial charge in [-0.2, -0.15) is 5.10 Å². The van der Waals surface area contributed by atoms with E-state index in [0.717, 1.165) is 0 Å². The Bertz CT molecular complexity index is 970. The SMILES string of the molecule is O=C(Nc1ccn(C2CCC(F)(F)CC2)n1)Nc1c[nH]c2ccc(F)cc12. The van der Waals surface area contributed by atoms with Crippen LogP contribution in [0.4, 0.5) is 29.5 Å². The molecule has 1 saturated carbocycles. The van der Waals surface area contributed by atoms with E-state index in [1.807, 2.05) is 0 Å². The Balaban J connectivity index is 1.40. The summed E-state index contributed by atoms with van der Waals surface area (Å²) in [5.74, 6) is -2.68. The van der Waals surface area contributed by atoms with Crippen molar-refractivity contribution < 1.29 is 18.0 Å². The maximum absolute atomic E-state index is 13.4. The van der Waals surface area contributed by atoms with E-state index in [4.69, 9.17) is 0 Å². The van der Waals surface area contributed by atoms with E-state index in [-0.39, 0.29) is 18.9 Å².